The monoisotopic (exact) mass is 339 g/mol. The number of rotatable bonds is 3. The zero-order chi connectivity index (χ0) is 14.7. The fourth-order valence-electron chi connectivity index (χ4n) is 3.06. The minimum Gasteiger partial charge on any atom is -0.356 e. The third-order valence-corrected chi connectivity index (χ3v) is 4.46. The number of alkyl halides is 1. The van der Waals surface area contributed by atoms with Gasteiger partial charge < -0.3 is 4.90 Å². The summed E-state index contributed by atoms with van der Waals surface area (Å²) in [5.41, 5.74) is 3.31. The molecule has 0 radical (unpaired) electrons. The Kier molecular flexibility index (Phi) is 6.16. The summed E-state index contributed by atoms with van der Waals surface area (Å²) in [6.07, 6.45) is 5.15. The maximum Gasteiger partial charge on any atom is 0.137 e. The summed E-state index contributed by atoms with van der Waals surface area (Å²) in [5, 5.41) is 4.75. The Morgan fingerprint density at radius 1 is 1.05 bits per heavy atom. The number of aryl methyl sites for hydroxylation is 1. The van der Waals surface area contributed by atoms with Crippen LogP contribution in [0.3, 0.4) is 0 Å². The number of aromatic nitrogens is 2. The average Bonchev–Trinajstić information content (AvgIpc) is 2.69. The Balaban J connectivity index is 0.00000176. The second-order valence-electron chi connectivity index (χ2n) is 5.67. The van der Waals surface area contributed by atoms with Gasteiger partial charge in [-0.05, 0) is 31.9 Å². The number of para-hydroxylation sites is 1. The molecule has 1 aliphatic rings. The van der Waals surface area contributed by atoms with Crippen molar-refractivity contribution in [1.82, 2.24) is 9.78 Å². The van der Waals surface area contributed by atoms with Crippen molar-refractivity contribution in [3.05, 3.63) is 41.6 Å². The van der Waals surface area contributed by atoms with Gasteiger partial charge in [-0.15, -0.1) is 24.0 Å². The molecule has 120 valence electrons. The van der Waals surface area contributed by atoms with E-state index in [9.17, 15) is 0 Å². The normalized spacial score (nSPS) is 15.3. The van der Waals surface area contributed by atoms with Crippen molar-refractivity contribution in [2.45, 2.75) is 38.5 Å². The molecule has 1 aliphatic heterocycles. The van der Waals surface area contributed by atoms with Crippen LogP contribution in [0, 0.1) is 6.92 Å². The molecule has 2 aromatic rings. The molecule has 1 aromatic heterocycles. The summed E-state index contributed by atoms with van der Waals surface area (Å²) in [6.45, 7) is 4.25. The van der Waals surface area contributed by atoms with Gasteiger partial charge in [0.15, 0.2) is 0 Å². The highest BCUT2D eigenvalue weighted by atomic mass is 35.5. The van der Waals surface area contributed by atoms with Crippen LogP contribution in [-0.4, -0.2) is 22.9 Å². The van der Waals surface area contributed by atoms with Gasteiger partial charge in [-0.25, -0.2) is 4.68 Å². The Bertz CT molecular complexity index is 587. The molecule has 0 N–H and O–H groups in total. The molecule has 22 heavy (non-hydrogen) atoms. The van der Waals surface area contributed by atoms with E-state index in [1.165, 1.54) is 37.1 Å². The van der Waals surface area contributed by atoms with Crippen molar-refractivity contribution >= 4 is 29.8 Å². The van der Waals surface area contributed by atoms with Crippen molar-refractivity contribution in [2.75, 3.05) is 18.0 Å². The molecule has 0 aliphatic carbocycles. The minimum absolute atomic E-state index is 0. The maximum atomic E-state index is 6.22. The summed E-state index contributed by atoms with van der Waals surface area (Å²) < 4.78 is 2.07. The Morgan fingerprint density at radius 3 is 2.27 bits per heavy atom. The fraction of sp³-hybridized carbons (Fsp3) is 0.471. The molecule has 1 aromatic carbocycles. The van der Waals surface area contributed by atoms with Crippen molar-refractivity contribution in [3.8, 4) is 5.69 Å². The molecule has 0 amide bonds. The van der Waals surface area contributed by atoms with E-state index in [2.05, 4.69) is 40.8 Å². The van der Waals surface area contributed by atoms with E-state index in [1.54, 1.807) is 0 Å². The maximum absolute atomic E-state index is 6.22. The first kappa shape index (κ1) is 17.2. The van der Waals surface area contributed by atoms with Gasteiger partial charge in [-0.2, -0.15) is 5.10 Å². The number of nitrogens with zero attached hydrogens (tertiary/aromatic N) is 3. The quantitative estimate of drug-likeness (QED) is 0.754. The zero-order valence-electron chi connectivity index (χ0n) is 13.0. The lowest BCUT2D eigenvalue weighted by atomic mass is 10.2. The minimum atomic E-state index is 0. The third-order valence-electron chi connectivity index (χ3n) is 4.20. The summed E-state index contributed by atoms with van der Waals surface area (Å²) >= 11 is 6.22. The highest BCUT2D eigenvalue weighted by Crippen LogP contribution is 2.30. The van der Waals surface area contributed by atoms with Crippen molar-refractivity contribution in [3.63, 3.8) is 0 Å². The molecule has 0 atom stereocenters. The van der Waals surface area contributed by atoms with Gasteiger partial charge in [-0.3, -0.25) is 0 Å². The van der Waals surface area contributed by atoms with Crippen molar-refractivity contribution in [1.29, 1.82) is 0 Å². The van der Waals surface area contributed by atoms with Crippen LogP contribution in [0.5, 0.6) is 0 Å². The third kappa shape index (κ3) is 3.41. The van der Waals surface area contributed by atoms with Gasteiger partial charge in [0.2, 0.25) is 0 Å². The summed E-state index contributed by atoms with van der Waals surface area (Å²) in [4.78, 5) is 2.47. The lowest BCUT2D eigenvalue weighted by molar-refractivity contribution is 0.726. The molecule has 1 saturated heterocycles. The SMILES string of the molecule is Cc1nn(-c2ccccc2)c(N2CCCCCC2)c1CCl.Cl. The number of halogens is 2. The summed E-state index contributed by atoms with van der Waals surface area (Å²) in [5.74, 6) is 1.71. The van der Waals surface area contributed by atoms with E-state index >= 15 is 0 Å². The first-order valence-electron chi connectivity index (χ1n) is 7.76. The zero-order valence-corrected chi connectivity index (χ0v) is 14.5. The second kappa shape index (κ2) is 7.89. The van der Waals surface area contributed by atoms with Gasteiger partial charge in [0.25, 0.3) is 0 Å². The molecule has 0 spiro atoms. The van der Waals surface area contributed by atoms with Crippen LogP contribution in [0.4, 0.5) is 5.82 Å². The molecule has 0 unspecified atom stereocenters. The summed E-state index contributed by atoms with van der Waals surface area (Å²) in [6, 6.07) is 10.4. The highest BCUT2D eigenvalue weighted by Gasteiger charge is 2.22. The molecule has 3 rings (SSSR count). The first-order valence-corrected chi connectivity index (χ1v) is 8.29. The average molecular weight is 340 g/mol. The number of hydrogen-bond donors (Lipinski definition) is 0. The van der Waals surface area contributed by atoms with Gasteiger partial charge in [0, 0.05) is 18.7 Å². The van der Waals surface area contributed by atoms with E-state index < -0.39 is 0 Å². The molecule has 0 bridgehead atoms. The lowest BCUT2D eigenvalue weighted by Crippen LogP contribution is -2.27. The van der Waals surface area contributed by atoms with E-state index in [0.717, 1.165) is 24.5 Å². The van der Waals surface area contributed by atoms with E-state index in [4.69, 9.17) is 16.7 Å². The van der Waals surface area contributed by atoms with Crippen molar-refractivity contribution in [2.24, 2.45) is 0 Å². The molecule has 1 fully saturated rings. The van der Waals surface area contributed by atoms with Gasteiger partial charge >= 0.3 is 0 Å². The molecular weight excluding hydrogens is 317 g/mol. The Labute approximate surface area is 143 Å². The lowest BCUT2D eigenvalue weighted by Gasteiger charge is -2.24. The number of anilines is 1. The second-order valence-corrected chi connectivity index (χ2v) is 5.94. The smallest absolute Gasteiger partial charge is 0.137 e. The first-order chi connectivity index (χ1) is 10.3. The van der Waals surface area contributed by atoms with E-state index in [1.807, 2.05) is 6.07 Å². The highest BCUT2D eigenvalue weighted by molar-refractivity contribution is 6.17. The molecule has 0 saturated carbocycles. The molecule has 3 nitrogen and oxygen atoms in total. The van der Waals surface area contributed by atoms with Gasteiger partial charge in [-0.1, -0.05) is 31.0 Å². The largest absolute Gasteiger partial charge is 0.356 e. The van der Waals surface area contributed by atoms with Crippen LogP contribution in [0.25, 0.3) is 5.69 Å². The van der Waals surface area contributed by atoms with Crippen molar-refractivity contribution < 1.29 is 0 Å². The fourth-order valence-corrected chi connectivity index (χ4v) is 3.37. The van der Waals surface area contributed by atoms with Crippen LogP contribution >= 0.6 is 24.0 Å². The summed E-state index contributed by atoms with van der Waals surface area (Å²) in [7, 11) is 0. The van der Waals surface area contributed by atoms with Gasteiger partial charge in [0.1, 0.15) is 5.82 Å². The van der Waals surface area contributed by atoms with Crippen LogP contribution in [0.1, 0.15) is 36.9 Å². The standard InChI is InChI=1S/C17H22ClN3.ClH/c1-14-16(13-18)17(20-11-7-2-3-8-12-20)21(19-14)15-9-5-4-6-10-15;/h4-6,9-10H,2-3,7-8,11-13H2,1H3;1H. The molecule has 5 heteroatoms. The van der Waals surface area contributed by atoms with Crippen LogP contribution < -0.4 is 4.90 Å². The van der Waals surface area contributed by atoms with Crippen LogP contribution in [0.15, 0.2) is 30.3 Å². The Morgan fingerprint density at radius 2 is 1.68 bits per heavy atom. The Hall–Kier alpha value is -1.19. The van der Waals surface area contributed by atoms with Crippen LogP contribution in [-0.2, 0) is 5.88 Å². The van der Waals surface area contributed by atoms with E-state index in [0.29, 0.717) is 5.88 Å². The molecule has 2 heterocycles. The molecular formula is C17H23Cl2N3. The number of benzene rings is 1. The van der Waals surface area contributed by atoms with E-state index in [-0.39, 0.29) is 12.4 Å². The predicted octanol–water partition coefficient (Wildman–Crippen LogP) is 4.72. The predicted molar refractivity (Wildman–Crippen MR) is 95.8 cm³/mol. The number of hydrogen-bond acceptors (Lipinski definition) is 2. The van der Waals surface area contributed by atoms with Crippen LogP contribution in [0.2, 0.25) is 0 Å². The topological polar surface area (TPSA) is 21.1 Å². The van der Waals surface area contributed by atoms with Gasteiger partial charge in [0.05, 0.1) is 17.3 Å².